The van der Waals surface area contributed by atoms with Gasteiger partial charge in [0.25, 0.3) is 0 Å². The number of hydrogen-bond donors (Lipinski definition) is 2. The first-order valence-electron chi connectivity index (χ1n) is 11.5. The Morgan fingerprint density at radius 3 is 2.82 bits per heavy atom. The lowest BCUT2D eigenvalue weighted by Gasteiger charge is -2.23. The number of imidazole rings is 1. The summed E-state index contributed by atoms with van der Waals surface area (Å²) in [6.45, 7) is 1.97. The molecule has 0 amide bonds. The highest BCUT2D eigenvalue weighted by atomic mass is 16.5. The van der Waals surface area contributed by atoms with Gasteiger partial charge in [-0.25, -0.2) is 15.0 Å². The molecule has 1 aliphatic rings. The summed E-state index contributed by atoms with van der Waals surface area (Å²) in [5.74, 6) is 2.82. The van der Waals surface area contributed by atoms with Gasteiger partial charge in [-0.1, -0.05) is 24.3 Å². The molecule has 2 N–H and O–H groups in total. The Bertz CT molecular complexity index is 1470. The van der Waals surface area contributed by atoms with E-state index < -0.39 is 0 Å². The van der Waals surface area contributed by atoms with E-state index in [1.807, 2.05) is 53.1 Å². The molecule has 0 unspecified atom stereocenters. The minimum Gasteiger partial charge on any atom is -0.497 e. The maximum Gasteiger partial charge on any atom is 0.224 e. The number of fused-ring (bicyclic) bond motifs is 2. The predicted octanol–water partition coefficient (Wildman–Crippen LogP) is 4.20. The first kappa shape index (κ1) is 20.6. The van der Waals surface area contributed by atoms with Crippen LogP contribution in [0.2, 0.25) is 0 Å². The summed E-state index contributed by atoms with van der Waals surface area (Å²) >= 11 is 0. The number of ether oxygens (including phenoxy) is 1. The van der Waals surface area contributed by atoms with Crippen molar-refractivity contribution in [1.29, 1.82) is 0 Å². The largest absolute Gasteiger partial charge is 0.497 e. The van der Waals surface area contributed by atoms with E-state index in [4.69, 9.17) is 19.7 Å². The van der Waals surface area contributed by atoms with Crippen molar-refractivity contribution in [2.75, 3.05) is 25.5 Å². The number of aromatic nitrogens is 5. The van der Waals surface area contributed by atoms with E-state index in [0.717, 1.165) is 71.0 Å². The average Bonchev–Trinajstić information content (AvgIpc) is 3.28. The van der Waals surface area contributed by atoms with Gasteiger partial charge < -0.3 is 15.4 Å². The van der Waals surface area contributed by atoms with Crippen molar-refractivity contribution in [2.24, 2.45) is 0 Å². The average molecular weight is 452 g/mol. The predicted molar refractivity (Wildman–Crippen MR) is 133 cm³/mol. The topological polar surface area (TPSA) is 89.8 Å². The number of para-hydroxylation sites is 1. The van der Waals surface area contributed by atoms with Gasteiger partial charge in [0.2, 0.25) is 5.95 Å². The number of hydrogen-bond acceptors (Lipinski definition) is 7. The van der Waals surface area contributed by atoms with Crippen LogP contribution < -0.4 is 15.4 Å². The Morgan fingerprint density at radius 1 is 1.00 bits per heavy atom. The number of pyridine rings is 1. The molecule has 5 aromatic rings. The Kier molecular flexibility index (Phi) is 5.27. The van der Waals surface area contributed by atoms with Gasteiger partial charge >= 0.3 is 0 Å². The van der Waals surface area contributed by atoms with Crippen molar-refractivity contribution >= 4 is 27.9 Å². The van der Waals surface area contributed by atoms with Crippen LogP contribution in [0.25, 0.3) is 39.3 Å². The summed E-state index contributed by atoms with van der Waals surface area (Å²) in [6.07, 6.45) is 4.03. The fourth-order valence-corrected chi connectivity index (χ4v) is 4.48. The van der Waals surface area contributed by atoms with Gasteiger partial charge in [-0.2, -0.15) is 4.98 Å². The molecule has 0 spiro atoms. The molecular weight excluding hydrogens is 426 g/mol. The Labute approximate surface area is 197 Å². The smallest absolute Gasteiger partial charge is 0.224 e. The maximum absolute atomic E-state index is 5.44. The van der Waals surface area contributed by atoms with Crippen molar-refractivity contribution in [3.05, 3.63) is 66.9 Å². The van der Waals surface area contributed by atoms with Crippen LogP contribution in [0.4, 0.5) is 5.95 Å². The van der Waals surface area contributed by atoms with Crippen LogP contribution in [0.3, 0.4) is 0 Å². The van der Waals surface area contributed by atoms with Gasteiger partial charge in [0.1, 0.15) is 17.3 Å². The standard InChI is InChI=1S/C26H25N7O/c1-34-19-9-11-23-22(15-19)31-25(21-10-8-17-5-2-3-7-20(17)30-21)33(23)24-12-14-28-26(32-24)29-18-6-4-13-27-16-18/h2-3,5,7-12,14-15,18,27H,4,6,13,16H2,1H3,(H,28,29,32)/t18-/m0/s1. The van der Waals surface area contributed by atoms with Gasteiger partial charge in [-0.3, -0.25) is 4.57 Å². The SMILES string of the molecule is COc1ccc2c(c1)nc(-c1ccc3ccccc3n1)n2-c1ccnc(N[C@H]2CCCNC2)n1. The van der Waals surface area contributed by atoms with E-state index in [1.54, 1.807) is 13.3 Å². The van der Waals surface area contributed by atoms with Crippen LogP contribution >= 0.6 is 0 Å². The number of nitrogens with zero attached hydrogens (tertiary/aromatic N) is 5. The lowest BCUT2D eigenvalue weighted by Crippen LogP contribution is -2.38. The highest BCUT2D eigenvalue weighted by Gasteiger charge is 2.19. The van der Waals surface area contributed by atoms with Crippen molar-refractivity contribution in [3.63, 3.8) is 0 Å². The first-order valence-corrected chi connectivity index (χ1v) is 11.5. The third-order valence-electron chi connectivity index (χ3n) is 6.19. The number of benzene rings is 2. The molecule has 1 fully saturated rings. The summed E-state index contributed by atoms with van der Waals surface area (Å²) in [5, 5.41) is 7.99. The van der Waals surface area contributed by atoms with Crippen molar-refractivity contribution in [2.45, 2.75) is 18.9 Å². The fraction of sp³-hybridized carbons (Fsp3) is 0.231. The van der Waals surface area contributed by atoms with E-state index in [9.17, 15) is 0 Å². The van der Waals surface area contributed by atoms with Crippen LogP contribution in [0.5, 0.6) is 5.75 Å². The molecule has 4 heterocycles. The molecule has 8 heteroatoms. The van der Waals surface area contributed by atoms with Gasteiger partial charge in [0.05, 0.1) is 23.7 Å². The van der Waals surface area contributed by atoms with E-state index in [1.165, 1.54) is 0 Å². The Balaban J connectivity index is 1.49. The lowest BCUT2D eigenvalue weighted by molar-refractivity contribution is 0.415. The van der Waals surface area contributed by atoms with Gasteiger partial charge in [0.15, 0.2) is 5.82 Å². The third kappa shape index (κ3) is 3.82. The molecule has 2 aromatic carbocycles. The molecule has 34 heavy (non-hydrogen) atoms. The fourth-order valence-electron chi connectivity index (χ4n) is 4.48. The van der Waals surface area contributed by atoms with E-state index >= 15 is 0 Å². The molecule has 0 radical (unpaired) electrons. The van der Waals surface area contributed by atoms with Crippen LogP contribution in [0.1, 0.15) is 12.8 Å². The highest BCUT2D eigenvalue weighted by Crippen LogP contribution is 2.30. The Morgan fingerprint density at radius 2 is 1.94 bits per heavy atom. The number of piperidine rings is 1. The molecule has 170 valence electrons. The third-order valence-corrected chi connectivity index (χ3v) is 6.19. The summed E-state index contributed by atoms with van der Waals surface area (Å²) in [5.41, 5.74) is 3.44. The molecule has 3 aromatic heterocycles. The van der Waals surface area contributed by atoms with Gasteiger partial charge in [-0.15, -0.1) is 0 Å². The Hall–Kier alpha value is -4.04. The number of anilines is 1. The number of nitrogens with one attached hydrogen (secondary N) is 2. The van der Waals surface area contributed by atoms with Crippen LogP contribution in [-0.4, -0.2) is 50.7 Å². The van der Waals surface area contributed by atoms with Crippen molar-refractivity contribution in [1.82, 2.24) is 29.8 Å². The highest BCUT2D eigenvalue weighted by molar-refractivity contribution is 5.86. The van der Waals surface area contributed by atoms with Crippen LogP contribution in [0.15, 0.2) is 66.9 Å². The molecule has 1 saturated heterocycles. The van der Waals surface area contributed by atoms with Crippen LogP contribution in [-0.2, 0) is 0 Å². The molecule has 1 aliphatic heterocycles. The first-order chi connectivity index (χ1) is 16.8. The molecule has 1 atom stereocenters. The van der Waals surface area contributed by atoms with Crippen LogP contribution in [0, 0.1) is 0 Å². The second-order valence-corrected chi connectivity index (χ2v) is 8.44. The minimum absolute atomic E-state index is 0.314. The minimum atomic E-state index is 0.314. The number of rotatable bonds is 5. The molecular formula is C26H25N7O. The van der Waals surface area contributed by atoms with Gasteiger partial charge in [0, 0.05) is 30.2 Å². The van der Waals surface area contributed by atoms with E-state index in [-0.39, 0.29) is 0 Å². The second-order valence-electron chi connectivity index (χ2n) is 8.44. The summed E-state index contributed by atoms with van der Waals surface area (Å²) in [6, 6.07) is 20.3. The number of methoxy groups -OCH3 is 1. The zero-order valence-corrected chi connectivity index (χ0v) is 18.9. The zero-order valence-electron chi connectivity index (χ0n) is 18.9. The molecule has 0 saturated carbocycles. The summed E-state index contributed by atoms with van der Waals surface area (Å²) < 4.78 is 7.48. The molecule has 0 bridgehead atoms. The molecule has 0 aliphatic carbocycles. The van der Waals surface area contributed by atoms with Crippen molar-refractivity contribution < 1.29 is 4.74 Å². The van der Waals surface area contributed by atoms with Crippen molar-refractivity contribution in [3.8, 4) is 23.1 Å². The maximum atomic E-state index is 5.44. The molecule has 6 rings (SSSR count). The van der Waals surface area contributed by atoms with E-state index in [2.05, 4.69) is 27.8 Å². The monoisotopic (exact) mass is 451 g/mol. The summed E-state index contributed by atoms with van der Waals surface area (Å²) in [7, 11) is 1.66. The molecule has 8 nitrogen and oxygen atoms in total. The summed E-state index contributed by atoms with van der Waals surface area (Å²) in [4.78, 5) is 19.2. The quantitative estimate of drug-likeness (QED) is 0.414. The van der Waals surface area contributed by atoms with E-state index in [0.29, 0.717) is 12.0 Å². The zero-order chi connectivity index (χ0) is 22.9. The lowest BCUT2D eigenvalue weighted by atomic mass is 10.1. The van der Waals surface area contributed by atoms with Gasteiger partial charge in [-0.05, 0) is 49.7 Å². The second kappa shape index (κ2) is 8.72. The normalized spacial score (nSPS) is 16.1.